The van der Waals surface area contributed by atoms with Gasteiger partial charge in [-0.2, -0.15) is 0 Å². The summed E-state index contributed by atoms with van der Waals surface area (Å²) in [6, 6.07) is 7.53. The Labute approximate surface area is 127 Å². The highest BCUT2D eigenvalue weighted by Gasteiger charge is 2.17. The highest BCUT2D eigenvalue weighted by Crippen LogP contribution is 2.31. The zero-order valence-electron chi connectivity index (χ0n) is 12.0. The van der Waals surface area contributed by atoms with Crippen LogP contribution in [0.1, 0.15) is 35.6 Å². The largest absolute Gasteiger partial charge is 0.492 e. The van der Waals surface area contributed by atoms with Gasteiger partial charge < -0.3 is 15.2 Å². The van der Waals surface area contributed by atoms with Crippen molar-refractivity contribution in [1.82, 2.24) is 4.98 Å². The molecular formula is C15H18N2O3S. The van der Waals surface area contributed by atoms with Gasteiger partial charge in [0, 0.05) is 0 Å². The molecule has 0 fully saturated rings. The van der Waals surface area contributed by atoms with E-state index in [2.05, 4.69) is 10.3 Å². The molecule has 2 aromatic rings. The van der Waals surface area contributed by atoms with Gasteiger partial charge >= 0.3 is 5.97 Å². The third-order valence-corrected chi connectivity index (χ3v) is 3.81. The van der Waals surface area contributed by atoms with E-state index >= 15 is 0 Å². The second-order valence-corrected chi connectivity index (χ2v) is 5.40. The van der Waals surface area contributed by atoms with E-state index in [-0.39, 0.29) is 0 Å². The summed E-state index contributed by atoms with van der Waals surface area (Å²) in [6.45, 7) is 4.49. The molecule has 2 rings (SSSR count). The monoisotopic (exact) mass is 306 g/mol. The van der Waals surface area contributed by atoms with Crippen LogP contribution in [-0.2, 0) is 6.42 Å². The van der Waals surface area contributed by atoms with E-state index < -0.39 is 5.97 Å². The van der Waals surface area contributed by atoms with Crippen LogP contribution in [0, 0.1) is 0 Å². The van der Waals surface area contributed by atoms with Gasteiger partial charge in [0.05, 0.1) is 18.0 Å². The van der Waals surface area contributed by atoms with Gasteiger partial charge in [-0.25, -0.2) is 9.78 Å². The number of anilines is 2. The number of carboxylic acid groups (broad SMARTS) is 1. The van der Waals surface area contributed by atoms with Crippen LogP contribution in [0.25, 0.3) is 0 Å². The van der Waals surface area contributed by atoms with E-state index in [9.17, 15) is 9.90 Å². The molecule has 0 saturated carbocycles. The van der Waals surface area contributed by atoms with Crippen LogP contribution in [0.4, 0.5) is 10.8 Å². The van der Waals surface area contributed by atoms with Crippen LogP contribution in [0.15, 0.2) is 24.3 Å². The van der Waals surface area contributed by atoms with Crippen molar-refractivity contribution in [2.45, 2.75) is 26.7 Å². The minimum Gasteiger partial charge on any atom is -0.492 e. The van der Waals surface area contributed by atoms with Crippen LogP contribution < -0.4 is 10.1 Å². The molecule has 0 saturated heterocycles. The van der Waals surface area contributed by atoms with Crippen molar-refractivity contribution in [3.05, 3.63) is 34.8 Å². The average Bonchev–Trinajstić information content (AvgIpc) is 2.85. The van der Waals surface area contributed by atoms with E-state index in [1.54, 1.807) is 0 Å². The minimum absolute atomic E-state index is 0.299. The molecule has 5 nitrogen and oxygen atoms in total. The van der Waals surface area contributed by atoms with Crippen molar-refractivity contribution in [2.75, 3.05) is 11.9 Å². The fraction of sp³-hybridized carbons (Fsp3) is 0.333. The minimum atomic E-state index is -0.929. The molecule has 0 aliphatic carbocycles. The number of thiazole rings is 1. The van der Waals surface area contributed by atoms with E-state index in [0.717, 1.165) is 29.2 Å². The first kappa shape index (κ1) is 15.3. The third kappa shape index (κ3) is 3.72. The zero-order valence-corrected chi connectivity index (χ0v) is 12.9. The molecule has 112 valence electrons. The topological polar surface area (TPSA) is 71.5 Å². The van der Waals surface area contributed by atoms with Gasteiger partial charge in [-0.1, -0.05) is 36.8 Å². The average molecular weight is 306 g/mol. The number of aryl methyl sites for hydroxylation is 1. The first-order valence-corrected chi connectivity index (χ1v) is 7.69. The van der Waals surface area contributed by atoms with Crippen LogP contribution in [0.3, 0.4) is 0 Å². The molecule has 21 heavy (non-hydrogen) atoms. The summed E-state index contributed by atoms with van der Waals surface area (Å²) >= 11 is 1.15. The van der Waals surface area contributed by atoms with Gasteiger partial charge in [-0.3, -0.25) is 0 Å². The first-order chi connectivity index (χ1) is 10.2. The number of benzene rings is 1. The number of hydrogen-bond acceptors (Lipinski definition) is 5. The molecule has 0 spiro atoms. The van der Waals surface area contributed by atoms with Crippen LogP contribution in [0.2, 0.25) is 0 Å². The van der Waals surface area contributed by atoms with Crippen molar-refractivity contribution in [1.29, 1.82) is 0 Å². The maximum absolute atomic E-state index is 11.2. The molecular weight excluding hydrogens is 288 g/mol. The predicted molar refractivity (Wildman–Crippen MR) is 84.0 cm³/mol. The smallest absolute Gasteiger partial charge is 0.347 e. The standard InChI is InChI=1S/C15H18N2O3S/c1-3-7-11-13(14(18)19)21-15(17-11)16-10-8-5-6-9-12(10)20-4-2/h5-6,8-9H,3-4,7H2,1-2H3,(H,16,17)(H,18,19). The lowest BCUT2D eigenvalue weighted by molar-refractivity contribution is 0.0700. The van der Waals surface area contributed by atoms with Crippen LogP contribution in [-0.4, -0.2) is 22.7 Å². The van der Waals surface area contributed by atoms with E-state index in [1.807, 2.05) is 38.1 Å². The summed E-state index contributed by atoms with van der Waals surface area (Å²) in [5.74, 6) is -0.203. The zero-order chi connectivity index (χ0) is 15.2. The van der Waals surface area contributed by atoms with Gasteiger partial charge in [0.2, 0.25) is 0 Å². The fourth-order valence-electron chi connectivity index (χ4n) is 1.95. The second-order valence-electron chi connectivity index (χ2n) is 4.40. The first-order valence-electron chi connectivity index (χ1n) is 6.87. The highest BCUT2D eigenvalue weighted by molar-refractivity contribution is 7.17. The lowest BCUT2D eigenvalue weighted by Gasteiger charge is -2.09. The Kier molecular flexibility index (Phi) is 5.16. The van der Waals surface area contributed by atoms with Gasteiger partial charge in [-0.05, 0) is 25.5 Å². The summed E-state index contributed by atoms with van der Waals surface area (Å²) in [7, 11) is 0. The molecule has 0 bridgehead atoms. The lowest BCUT2D eigenvalue weighted by Crippen LogP contribution is -1.98. The van der Waals surface area contributed by atoms with Gasteiger partial charge in [0.1, 0.15) is 10.6 Å². The fourth-order valence-corrected chi connectivity index (χ4v) is 2.81. The van der Waals surface area contributed by atoms with E-state index in [4.69, 9.17) is 4.74 Å². The Morgan fingerprint density at radius 2 is 2.14 bits per heavy atom. The number of nitrogens with zero attached hydrogens (tertiary/aromatic N) is 1. The number of aromatic nitrogens is 1. The Morgan fingerprint density at radius 3 is 2.81 bits per heavy atom. The predicted octanol–water partition coefficient (Wildman–Crippen LogP) is 3.94. The van der Waals surface area contributed by atoms with Gasteiger partial charge in [0.15, 0.2) is 5.13 Å². The number of carboxylic acids is 1. The van der Waals surface area contributed by atoms with Crippen molar-refractivity contribution >= 4 is 28.1 Å². The molecule has 6 heteroatoms. The highest BCUT2D eigenvalue weighted by atomic mass is 32.1. The van der Waals surface area contributed by atoms with Gasteiger partial charge in [-0.15, -0.1) is 0 Å². The molecule has 0 aliphatic heterocycles. The van der Waals surface area contributed by atoms with Gasteiger partial charge in [0.25, 0.3) is 0 Å². The number of para-hydroxylation sites is 2. The third-order valence-electron chi connectivity index (χ3n) is 2.81. The number of aromatic carboxylic acids is 1. The quantitative estimate of drug-likeness (QED) is 0.810. The van der Waals surface area contributed by atoms with Crippen molar-refractivity contribution in [3.63, 3.8) is 0 Å². The van der Waals surface area contributed by atoms with Crippen molar-refractivity contribution in [3.8, 4) is 5.75 Å². The molecule has 0 atom stereocenters. The Balaban J connectivity index is 2.27. The van der Waals surface area contributed by atoms with E-state index in [1.165, 1.54) is 0 Å². The molecule has 1 aromatic carbocycles. The molecule has 0 unspecified atom stereocenters. The summed E-state index contributed by atoms with van der Waals surface area (Å²) in [4.78, 5) is 15.9. The Bertz CT molecular complexity index is 625. The Hall–Kier alpha value is -2.08. The number of rotatable bonds is 7. The summed E-state index contributed by atoms with van der Waals surface area (Å²) < 4.78 is 5.54. The summed E-state index contributed by atoms with van der Waals surface area (Å²) in [5.41, 5.74) is 1.42. The lowest BCUT2D eigenvalue weighted by atomic mass is 10.2. The Morgan fingerprint density at radius 1 is 1.38 bits per heavy atom. The molecule has 1 heterocycles. The molecule has 0 aliphatic rings. The molecule has 2 N–H and O–H groups in total. The van der Waals surface area contributed by atoms with Crippen molar-refractivity contribution in [2.24, 2.45) is 0 Å². The summed E-state index contributed by atoms with van der Waals surface area (Å²) in [6.07, 6.45) is 1.52. The SMILES string of the molecule is CCCc1nc(Nc2ccccc2OCC)sc1C(=O)O. The van der Waals surface area contributed by atoms with Crippen molar-refractivity contribution < 1.29 is 14.6 Å². The maximum Gasteiger partial charge on any atom is 0.347 e. The maximum atomic E-state index is 11.2. The summed E-state index contributed by atoms with van der Waals surface area (Å²) in [5, 5.41) is 13.0. The molecule has 1 aromatic heterocycles. The van der Waals surface area contributed by atoms with Crippen LogP contribution in [0.5, 0.6) is 5.75 Å². The molecule has 0 radical (unpaired) electrons. The number of ether oxygens (including phenoxy) is 1. The number of carbonyl (C=O) groups is 1. The second kappa shape index (κ2) is 7.08. The number of nitrogens with one attached hydrogen (secondary N) is 1. The normalized spacial score (nSPS) is 10.4. The van der Waals surface area contributed by atoms with E-state index in [0.29, 0.717) is 28.7 Å². The number of hydrogen-bond donors (Lipinski definition) is 2. The van der Waals surface area contributed by atoms with Crippen LogP contribution >= 0.6 is 11.3 Å². The molecule has 0 amide bonds.